The monoisotopic (exact) mass is 394 g/mol. The SMILES string of the molecule is CC(=CC(=O)Nc1cccc(NC(=O)C=C(C)C(=O)[O-])c1)C(=O)[O-].[Zn+2]. The van der Waals surface area contributed by atoms with E-state index in [1.165, 1.54) is 38.1 Å². The van der Waals surface area contributed by atoms with Gasteiger partial charge >= 0.3 is 19.5 Å². The first kappa shape index (κ1) is 22.2. The van der Waals surface area contributed by atoms with Crippen LogP contribution in [0.25, 0.3) is 0 Å². The third-order valence-electron chi connectivity index (χ3n) is 2.74. The van der Waals surface area contributed by atoms with Gasteiger partial charge in [-0.1, -0.05) is 6.07 Å². The van der Waals surface area contributed by atoms with E-state index in [9.17, 15) is 29.4 Å². The van der Waals surface area contributed by atoms with Crippen LogP contribution in [0.3, 0.4) is 0 Å². The summed E-state index contributed by atoms with van der Waals surface area (Å²) in [6.07, 6.45) is 1.74. The van der Waals surface area contributed by atoms with E-state index in [0.717, 1.165) is 12.2 Å². The van der Waals surface area contributed by atoms with Crippen molar-refractivity contribution in [2.24, 2.45) is 0 Å². The minimum absolute atomic E-state index is 0. The smallest absolute Gasteiger partial charge is 0.545 e. The van der Waals surface area contributed by atoms with Gasteiger partial charge < -0.3 is 30.4 Å². The molecule has 25 heavy (non-hydrogen) atoms. The average Bonchev–Trinajstić information content (AvgIpc) is 2.46. The molecule has 126 valence electrons. The predicted octanol–water partition coefficient (Wildman–Crippen LogP) is -1.05. The van der Waals surface area contributed by atoms with Crippen molar-refractivity contribution in [3.05, 3.63) is 47.6 Å². The van der Waals surface area contributed by atoms with Crippen LogP contribution >= 0.6 is 0 Å². The first-order chi connectivity index (χ1) is 11.2. The van der Waals surface area contributed by atoms with E-state index >= 15 is 0 Å². The Morgan fingerprint density at radius 3 is 1.52 bits per heavy atom. The first-order valence-corrected chi connectivity index (χ1v) is 6.70. The number of carboxylic acid groups (broad SMARTS) is 2. The summed E-state index contributed by atoms with van der Waals surface area (Å²) in [4.78, 5) is 44.3. The summed E-state index contributed by atoms with van der Waals surface area (Å²) >= 11 is 0. The number of hydrogen-bond acceptors (Lipinski definition) is 6. The molecule has 0 saturated heterocycles. The van der Waals surface area contributed by atoms with Crippen molar-refractivity contribution in [1.82, 2.24) is 0 Å². The van der Waals surface area contributed by atoms with Crippen LogP contribution in [-0.2, 0) is 38.7 Å². The number of rotatable bonds is 6. The summed E-state index contributed by atoms with van der Waals surface area (Å²) in [5.41, 5.74) is 0.140. The first-order valence-electron chi connectivity index (χ1n) is 6.70. The van der Waals surface area contributed by atoms with Crippen LogP contribution in [0.5, 0.6) is 0 Å². The van der Waals surface area contributed by atoms with Gasteiger partial charge in [0.15, 0.2) is 0 Å². The molecule has 0 aliphatic heterocycles. The molecule has 0 bridgehead atoms. The fourth-order valence-corrected chi connectivity index (χ4v) is 1.54. The molecule has 0 aliphatic carbocycles. The van der Waals surface area contributed by atoms with Crippen molar-refractivity contribution in [1.29, 1.82) is 0 Å². The van der Waals surface area contributed by atoms with Gasteiger partial charge in [0.05, 0.1) is 11.9 Å². The second kappa shape index (κ2) is 10.1. The van der Waals surface area contributed by atoms with Gasteiger partial charge in [-0.15, -0.1) is 0 Å². The van der Waals surface area contributed by atoms with Crippen molar-refractivity contribution < 1.29 is 48.9 Å². The van der Waals surface area contributed by atoms with E-state index in [0.29, 0.717) is 11.4 Å². The van der Waals surface area contributed by atoms with Crippen LogP contribution in [0, 0.1) is 0 Å². The molecular weight excluding hydrogens is 382 g/mol. The maximum absolute atomic E-state index is 11.6. The third kappa shape index (κ3) is 8.03. The Bertz CT molecular complexity index is 695. The molecule has 8 nitrogen and oxygen atoms in total. The zero-order valence-electron chi connectivity index (χ0n) is 13.6. The van der Waals surface area contributed by atoms with E-state index in [1.807, 2.05) is 0 Å². The number of hydrogen-bond donors (Lipinski definition) is 2. The molecule has 0 aromatic heterocycles. The quantitative estimate of drug-likeness (QED) is 0.465. The Kier molecular flexibility index (Phi) is 9.01. The third-order valence-corrected chi connectivity index (χ3v) is 2.74. The zero-order valence-corrected chi connectivity index (χ0v) is 16.6. The van der Waals surface area contributed by atoms with Crippen LogP contribution in [-0.4, -0.2) is 23.8 Å². The Hall–Kier alpha value is -2.80. The van der Waals surface area contributed by atoms with Gasteiger partial charge in [0.1, 0.15) is 0 Å². The van der Waals surface area contributed by atoms with Crippen molar-refractivity contribution >= 4 is 35.1 Å². The van der Waals surface area contributed by atoms with E-state index in [4.69, 9.17) is 0 Å². The Morgan fingerprint density at radius 2 is 1.20 bits per heavy atom. The van der Waals surface area contributed by atoms with Crippen molar-refractivity contribution in [3.8, 4) is 0 Å². The van der Waals surface area contributed by atoms with E-state index < -0.39 is 23.8 Å². The van der Waals surface area contributed by atoms with E-state index in [1.54, 1.807) is 0 Å². The topological polar surface area (TPSA) is 138 Å². The molecule has 0 unspecified atom stereocenters. The van der Waals surface area contributed by atoms with Gasteiger partial charge in [0, 0.05) is 23.5 Å². The molecule has 0 heterocycles. The minimum atomic E-state index is -1.46. The van der Waals surface area contributed by atoms with Gasteiger partial charge in [-0.3, -0.25) is 9.59 Å². The number of benzene rings is 1. The van der Waals surface area contributed by atoms with Gasteiger partial charge in [0.2, 0.25) is 11.8 Å². The van der Waals surface area contributed by atoms with Crippen molar-refractivity contribution in [2.75, 3.05) is 10.6 Å². The van der Waals surface area contributed by atoms with Crippen LogP contribution in [0.15, 0.2) is 47.6 Å². The van der Waals surface area contributed by atoms with Gasteiger partial charge in [-0.05, 0) is 43.2 Å². The standard InChI is InChI=1S/C16H16N2O6.Zn/c1-9(15(21)22)6-13(19)17-11-4-3-5-12(8-11)18-14(20)7-10(2)16(23)24;/h3-8H,1-2H3,(H,17,19)(H,18,20)(H,21,22)(H,23,24);/q;+2/p-2. The van der Waals surface area contributed by atoms with Crippen LogP contribution in [0.1, 0.15) is 13.8 Å². The fraction of sp³-hybridized carbons (Fsp3) is 0.125. The largest absolute Gasteiger partial charge is 2.00 e. The summed E-state index contributed by atoms with van der Waals surface area (Å²) in [6.45, 7) is 2.44. The van der Waals surface area contributed by atoms with Crippen LogP contribution in [0.4, 0.5) is 11.4 Å². The zero-order chi connectivity index (χ0) is 18.3. The van der Waals surface area contributed by atoms with Crippen LogP contribution in [0.2, 0.25) is 0 Å². The summed E-state index contributed by atoms with van der Waals surface area (Å²) < 4.78 is 0. The molecule has 0 atom stereocenters. The predicted molar refractivity (Wildman–Crippen MR) is 81.2 cm³/mol. The molecule has 0 spiro atoms. The number of carbonyl (C=O) groups excluding carboxylic acids is 4. The summed E-state index contributed by atoms with van der Waals surface area (Å²) in [7, 11) is 0. The Morgan fingerprint density at radius 1 is 0.840 bits per heavy atom. The molecule has 0 radical (unpaired) electrons. The maximum Gasteiger partial charge on any atom is 2.00 e. The number of carboxylic acids is 2. The van der Waals surface area contributed by atoms with Crippen molar-refractivity contribution in [2.45, 2.75) is 13.8 Å². The number of aliphatic carboxylic acids is 2. The number of carbonyl (C=O) groups is 4. The molecule has 2 N–H and O–H groups in total. The second-order valence-electron chi connectivity index (χ2n) is 4.79. The summed E-state index contributed by atoms with van der Waals surface area (Å²) in [5, 5.41) is 25.9. The average molecular weight is 396 g/mol. The second-order valence-corrected chi connectivity index (χ2v) is 4.79. The summed E-state index contributed by atoms with van der Waals surface area (Å²) in [5.74, 6) is -4.26. The van der Waals surface area contributed by atoms with E-state index in [-0.39, 0.29) is 30.6 Å². The fourth-order valence-electron chi connectivity index (χ4n) is 1.54. The maximum atomic E-state index is 11.6. The van der Waals surface area contributed by atoms with Gasteiger partial charge in [0.25, 0.3) is 0 Å². The molecule has 2 amide bonds. The Labute approximate surface area is 156 Å². The number of nitrogens with one attached hydrogen (secondary N) is 2. The van der Waals surface area contributed by atoms with E-state index in [2.05, 4.69) is 10.6 Å². The molecule has 9 heteroatoms. The molecular formula is C16H14N2O6Zn. The minimum Gasteiger partial charge on any atom is -0.545 e. The van der Waals surface area contributed by atoms with Gasteiger partial charge in [-0.2, -0.15) is 0 Å². The molecule has 0 fully saturated rings. The van der Waals surface area contributed by atoms with Crippen molar-refractivity contribution in [3.63, 3.8) is 0 Å². The molecule has 1 aromatic rings. The van der Waals surface area contributed by atoms with Crippen LogP contribution < -0.4 is 20.8 Å². The molecule has 1 rings (SSSR count). The summed E-state index contributed by atoms with van der Waals surface area (Å²) in [6, 6.07) is 6.01. The number of anilines is 2. The molecule has 0 saturated carbocycles. The molecule has 0 aliphatic rings. The normalized spacial score (nSPS) is 11.1. The Balaban J connectivity index is 0.00000576. The molecule has 1 aromatic carbocycles. The van der Waals surface area contributed by atoms with Gasteiger partial charge in [-0.25, -0.2) is 0 Å². The number of amides is 2.